The van der Waals surface area contributed by atoms with Crippen LogP contribution in [0.2, 0.25) is 0 Å². The fourth-order valence-electron chi connectivity index (χ4n) is 2.24. The van der Waals surface area contributed by atoms with E-state index in [2.05, 4.69) is 20.6 Å². The average Bonchev–Trinajstić information content (AvgIpc) is 2.91. The van der Waals surface area contributed by atoms with Crippen LogP contribution in [0.3, 0.4) is 0 Å². The molecular weight excluding hydrogens is 306 g/mol. The van der Waals surface area contributed by atoms with E-state index in [0.717, 1.165) is 0 Å². The van der Waals surface area contributed by atoms with Crippen molar-refractivity contribution in [3.05, 3.63) is 60.4 Å². The highest BCUT2D eigenvalue weighted by molar-refractivity contribution is 6.23. The molecule has 0 saturated carbocycles. The highest BCUT2D eigenvalue weighted by Gasteiger charge is 2.33. The van der Waals surface area contributed by atoms with Crippen LogP contribution in [0.1, 0.15) is 17.3 Å². The number of nitrogens with zero attached hydrogens (tertiary/aromatic N) is 4. The van der Waals surface area contributed by atoms with Crippen LogP contribution in [-0.4, -0.2) is 28.7 Å². The van der Waals surface area contributed by atoms with Crippen molar-refractivity contribution < 1.29 is 9.59 Å². The predicted octanol–water partition coefficient (Wildman–Crippen LogP) is 1.84. The van der Waals surface area contributed by atoms with Gasteiger partial charge in [-0.3, -0.25) is 14.6 Å². The Hall–Kier alpha value is -3.35. The summed E-state index contributed by atoms with van der Waals surface area (Å²) in [6.07, 6.45) is 4.41. The van der Waals surface area contributed by atoms with Gasteiger partial charge in [-0.15, -0.1) is 0 Å². The molecule has 1 aromatic carbocycles. The summed E-state index contributed by atoms with van der Waals surface area (Å²) in [6.45, 7) is 1.75. The van der Waals surface area contributed by atoms with E-state index in [1.54, 1.807) is 37.4 Å². The zero-order chi connectivity index (χ0) is 16.9. The summed E-state index contributed by atoms with van der Waals surface area (Å²) >= 11 is 0. The first kappa shape index (κ1) is 15.5. The van der Waals surface area contributed by atoms with Crippen molar-refractivity contribution in [3.8, 4) is 0 Å². The van der Waals surface area contributed by atoms with Gasteiger partial charge in [-0.1, -0.05) is 18.2 Å². The molecule has 0 aliphatic carbocycles. The SMILES string of the molecule is CC1=NN(c2ccccc2)C(=O)[C@@H]1/C=N\NC(=O)c1cccnc1. The fraction of sp³-hybridized carbons (Fsp3) is 0.118. The third-order valence-electron chi connectivity index (χ3n) is 3.50. The Morgan fingerprint density at radius 2 is 2.04 bits per heavy atom. The van der Waals surface area contributed by atoms with E-state index in [-0.39, 0.29) is 11.8 Å². The maximum absolute atomic E-state index is 12.5. The number of hydrazone groups is 2. The Balaban J connectivity index is 1.67. The first-order chi connectivity index (χ1) is 11.7. The topological polar surface area (TPSA) is 87.0 Å². The van der Waals surface area contributed by atoms with Crippen molar-refractivity contribution in [2.75, 3.05) is 5.01 Å². The highest BCUT2D eigenvalue weighted by Crippen LogP contribution is 2.22. The number of hydrogen-bond donors (Lipinski definition) is 1. The molecule has 1 aliphatic heterocycles. The molecule has 0 unspecified atom stereocenters. The molecule has 120 valence electrons. The van der Waals surface area contributed by atoms with Gasteiger partial charge in [0.1, 0.15) is 5.92 Å². The molecule has 0 bridgehead atoms. The van der Waals surface area contributed by atoms with Crippen LogP contribution in [0.5, 0.6) is 0 Å². The van der Waals surface area contributed by atoms with Gasteiger partial charge >= 0.3 is 0 Å². The summed E-state index contributed by atoms with van der Waals surface area (Å²) < 4.78 is 0. The minimum Gasteiger partial charge on any atom is -0.271 e. The number of aromatic nitrogens is 1. The van der Waals surface area contributed by atoms with E-state index in [4.69, 9.17) is 0 Å². The number of carbonyl (C=O) groups excluding carboxylic acids is 2. The van der Waals surface area contributed by atoms with Gasteiger partial charge in [0, 0.05) is 18.6 Å². The summed E-state index contributed by atoms with van der Waals surface area (Å²) in [7, 11) is 0. The Labute approximate surface area is 138 Å². The summed E-state index contributed by atoms with van der Waals surface area (Å²) in [5, 5.41) is 9.48. The minimum atomic E-state index is -0.598. The van der Waals surface area contributed by atoms with Gasteiger partial charge in [-0.2, -0.15) is 15.2 Å². The van der Waals surface area contributed by atoms with Crippen LogP contribution in [-0.2, 0) is 4.79 Å². The first-order valence-electron chi connectivity index (χ1n) is 7.34. The van der Waals surface area contributed by atoms with Crippen molar-refractivity contribution in [1.82, 2.24) is 10.4 Å². The monoisotopic (exact) mass is 321 g/mol. The number of carbonyl (C=O) groups is 2. The second kappa shape index (κ2) is 6.82. The van der Waals surface area contributed by atoms with E-state index in [0.29, 0.717) is 17.0 Å². The lowest BCUT2D eigenvalue weighted by Gasteiger charge is -2.12. The highest BCUT2D eigenvalue weighted by atomic mass is 16.2. The molecule has 24 heavy (non-hydrogen) atoms. The number of hydrogen-bond acceptors (Lipinski definition) is 5. The van der Waals surface area contributed by atoms with Gasteiger partial charge in [0.2, 0.25) is 0 Å². The van der Waals surface area contributed by atoms with E-state index < -0.39 is 5.92 Å². The molecular formula is C17H15N5O2. The molecule has 0 radical (unpaired) electrons. The molecule has 7 heteroatoms. The number of anilines is 1. The molecule has 1 aliphatic rings. The number of pyridine rings is 1. The molecule has 1 atom stereocenters. The minimum absolute atomic E-state index is 0.210. The number of para-hydroxylation sites is 1. The second-order valence-corrected chi connectivity index (χ2v) is 5.17. The Bertz CT molecular complexity index is 802. The maximum Gasteiger partial charge on any atom is 0.272 e. The zero-order valence-electron chi connectivity index (χ0n) is 13.0. The Kier molecular flexibility index (Phi) is 4.42. The van der Waals surface area contributed by atoms with Crippen molar-refractivity contribution in [2.24, 2.45) is 16.1 Å². The summed E-state index contributed by atoms with van der Waals surface area (Å²) in [5.41, 5.74) is 4.08. The van der Waals surface area contributed by atoms with Crippen molar-refractivity contribution in [3.63, 3.8) is 0 Å². The normalized spacial score (nSPS) is 17.2. The van der Waals surface area contributed by atoms with E-state index >= 15 is 0 Å². The molecule has 3 rings (SSSR count). The number of benzene rings is 1. The predicted molar refractivity (Wildman–Crippen MR) is 90.7 cm³/mol. The van der Waals surface area contributed by atoms with Gasteiger partial charge in [-0.25, -0.2) is 5.43 Å². The Morgan fingerprint density at radius 1 is 1.25 bits per heavy atom. The lowest BCUT2D eigenvalue weighted by atomic mass is 10.1. The maximum atomic E-state index is 12.5. The summed E-state index contributed by atoms with van der Waals surface area (Å²) in [4.78, 5) is 28.2. The van der Waals surface area contributed by atoms with Crippen molar-refractivity contribution in [2.45, 2.75) is 6.92 Å². The third-order valence-corrected chi connectivity index (χ3v) is 3.50. The molecule has 0 saturated heterocycles. The van der Waals surface area contributed by atoms with Gasteiger partial charge in [0.05, 0.1) is 17.0 Å². The van der Waals surface area contributed by atoms with Crippen molar-refractivity contribution >= 4 is 29.4 Å². The standard InChI is InChI=1S/C17H15N5O2/c1-12-15(11-19-20-16(23)13-6-5-9-18-10-13)17(24)22(21-12)14-7-3-2-4-8-14/h2-11,15H,1H3,(H,20,23)/b19-11-/t15-/m1/s1. The van der Waals surface area contributed by atoms with Gasteiger partial charge in [-0.05, 0) is 31.2 Å². The van der Waals surface area contributed by atoms with E-state index in [1.807, 2.05) is 18.2 Å². The molecule has 0 spiro atoms. The molecule has 0 fully saturated rings. The lowest BCUT2D eigenvalue weighted by Crippen LogP contribution is -2.29. The molecule has 1 N–H and O–H groups in total. The summed E-state index contributed by atoms with van der Waals surface area (Å²) in [6, 6.07) is 12.4. The van der Waals surface area contributed by atoms with Gasteiger partial charge in [0.25, 0.3) is 11.8 Å². The molecule has 2 heterocycles. The van der Waals surface area contributed by atoms with Crippen molar-refractivity contribution in [1.29, 1.82) is 0 Å². The molecule has 7 nitrogen and oxygen atoms in total. The van der Waals surface area contributed by atoms with Crippen LogP contribution in [0.4, 0.5) is 5.69 Å². The summed E-state index contributed by atoms with van der Waals surface area (Å²) in [5.74, 6) is -1.20. The smallest absolute Gasteiger partial charge is 0.271 e. The largest absolute Gasteiger partial charge is 0.272 e. The van der Waals surface area contributed by atoms with Crippen LogP contribution in [0.25, 0.3) is 0 Å². The first-order valence-corrected chi connectivity index (χ1v) is 7.34. The Morgan fingerprint density at radius 3 is 2.75 bits per heavy atom. The van der Waals surface area contributed by atoms with E-state index in [9.17, 15) is 9.59 Å². The number of nitrogens with one attached hydrogen (secondary N) is 1. The second-order valence-electron chi connectivity index (χ2n) is 5.17. The van der Waals surface area contributed by atoms with Crippen LogP contribution >= 0.6 is 0 Å². The molecule has 2 aromatic rings. The van der Waals surface area contributed by atoms with Gasteiger partial charge < -0.3 is 0 Å². The average molecular weight is 321 g/mol. The van der Waals surface area contributed by atoms with Gasteiger partial charge in [0.15, 0.2) is 0 Å². The lowest BCUT2D eigenvalue weighted by molar-refractivity contribution is -0.118. The molecule has 1 aromatic heterocycles. The van der Waals surface area contributed by atoms with Crippen LogP contribution in [0, 0.1) is 5.92 Å². The van der Waals surface area contributed by atoms with Crippen LogP contribution in [0.15, 0.2) is 65.1 Å². The van der Waals surface area contributed by atoms with Crippen LogP contribution < -0.4 is 10.4 Å². The molecule has 2 amide bonds. The fourth-order valence-corrected chi connectivity index (χ4v) is 2.24. The third kappa shape index (κ3) is 3.19. The number of amides is 2. The number of rotatable bonds is 4. The zero-order valence-corrected chi connectivity index (χ0v) is 13.0. The quantitative estimate of drug-likeness (QED) is 0.688. The van der Waals surface area contributed by atoms with E-state index in [1.165, 1.54) is 17.4 Å².